The van der Waals surface area contributed by atoms with Gasteiger partial charge in [0.15, 0.2) is 5.82 Å². The summed E-state index contributed by atoms with van der Waals surface area (Å²) in [5.41, 5.74) is 7.43. The van der Waals surface area contributed by atoms with Gasteiger partial charge in [0.25, 0.3) is 0 Å². The SMILES string of the molecule is N#Cc1ccc(-c2ncc(CN)cn2)c(Oc2nnc(N3CC(F)C3)s2)c1. The second kappa shape index (κ2) is 7.22. The highest BCUT2D eigenvalue weighted by atomic mass is 32.1. The van der Waals surface area contributed by atoms with Crippen molar-refractivity contribution in [3.05, 3.63) is 41.7 Å². The highest BCUT2D eigenvalue weighted by molar-refractivity contribution is 7.17. The van der Waals surface area contributed by atoms with E-state index in [4.69, 9.17) is 10.5 Å². The number of nitrogens with zero attached hydrogens (tertiary/aromatic N) is 6. The van der Waals surface area contributed by atoms with Gasteiger partial charge in [-0.25, -0.2) is 14.4 Å². The highest BCUT2D eigenvalue weighted by Crippen LogP contribution is 2.36. The number of ether oxygens (including phenoxy) is 1. The maximum absolute atomic E-state index is 13.0. The van der Waals surface area contributed by atoms with Gasteiger partial charge >= 0.3 is 5.19 Å². The first kappa shape index (κ1) is 17.3. The van der Waals surface area contributed by atoms with Crippen molar-refractivity contribution in [1.82, 2.24) is 20.2 Å². The second-order valence-electron chi connectivity index (χ2n) is 5.90. The van der Waals surface area contributed by atoms with Gasteiger partial charge in [0.1, 0.15) is 11.9 Å². The summed E-state index contributed by atoms with van der Waals surface area (Å²) in [4.78, 5) is 10.4. The number of anilines is 1. The van der Waals surface area contributed by atoms with Gasteiger partial charge < -0.3 is 15.4 Å². The Morgan fingerprint density at radius 1 is 1.30 bits per heavy atom. The summed E-state index contributed by atoms with van der Waals surface area (Å²) in [5.74, 6) is 0.837. The predicted molar refractivity (Wildman–Crippen MR) is 97.2 cm³/mol. The molecular formula is C17H14FN7OS. The molecule has 0 saturated carbocycles. The minimum absolute atomic E-state index is 0.294. The first-order chi connectivity index (χ1) is 13.2. The van der Waals surface area contributed by atoms with Gasteiger partial charge in [-0.15, -0.1) is 5.10 Å². The van der Waals surface area contributed by atoms with E-state index in [9.17, 15) is 9.65 Å². The van der Waals surface area contributed by atoms with Crippen LogP contribution in [-0.4, -0.2) is 39.4 Å². The first-order valence-electron chi connectivity index (χ1n) is 8.12. The van der Waals surface area contributed by atoms with E-state index in [1.54, 1.807) is 35.5 Å². The Balaban J connectivity index is 1.63. The van der Waals surface area contributed by atoms with Crippen molar-refractivity contribution >= 4 is 16.5 Å². The van der Waals surface area contributed by atoms with Crippen LogP contribution in [0.3, 0.4) is 0 Å². The standard InChI is InChI=1S/C17H14FN7OS/c18-12-8-25(9-12)16-23-24-17(27-16)26-14-3-10(4-19)1-2-13(14)15-21-6-11(5-20)7-22-15/h1-3,6-7,12H,5,8-9,20H2. The monoisotopic (exact) mass is 383 g/mol. The lowest BCUT2D eigenvalue weighted by Gasteiger charge is -2.33. The molecule has 27 heavy (non-hydrogen) atoms. The minimum atomic E-state index is -0.828. The molecule has 4 rings (SSSR count). The van der Waals surface area contributed by atoms with Crippen LogP contribution in [0.1, 0.15) is 11.1 Å². The van der Waals surface area contributed by atoms with Crippen LogP contribution in [0.4, 0.5) is 9.52 Å². The van der Waals surface area contributed by atoms with E-state index >= 15 is 0 Å². The molecule has 0 aliphatic carbocycles. The highest BCUT2D eigenvalue weighted by Gasteiger charge is 2.29. The molecule has 1 aliphatic rings. The number of rotatable bonds is 5. The van der Waals surface area contributed by atoms with Crippen molar-refractivity contribution in [3.8, 4) is 28.4 Å². The van der Waals surface area contributed by atoms with Gasteiger partial charge in [0.2, 0.25) is 5.13 Å². The lowest BCUT2D eigenvalue weighted by Crippen LogP contribution is -2.48. The van der Waals surface area contributed by atoms with Crippen LogP contribution >= 0.6 is 11.3 Å². The molecule has 136 valence electrons. The Morgan fingerprint density at radius 2 is 2.07 bits per heavy atom. The minimum Gasteiger partial charge on any atom is -0.429 e. The average Bonchev–Trinajstić information content (AvgIpc) is 3.13. The molecule has 2 N–H and O–H groups in total. The van der Waals surface area contributed by atoms with Crippen molar-refractivity contribution in [2.45, 2.75) is 12.7 Å². The Morgan fingerprint density at radius 3 is 2.74 bits per heavy atom. The van der Waals surface area contributed by atoms with Crippen molar-refractivity contribution in [3.63, 3.8) is 0 Å². The Bertz CT molecular complexity index is 995. The Hall–Kier alpha value is -3.16. The summed E-state index contributed by atoms with van der Waals surface area (Å²) >= 11 is 1.21. The molecular weight excluding hydrogens is 369 g/mol. The maximum Gasteiger partial charge on any atom is 0.301 e. The lowest BCUT2D eigenvalue weighted by molar-refractivity contribution is 0.274. The van der Waals surface area contributed by atoms with Crippen molar-refractivity contribution in [2.75, 3.05) is 18.0 Å². The maximum atomic E-state index is 13.0. The van der Waals surface area contributed by atoms with Gasteiger partial charge in [-0.1, -0.05) is 5.10 Å². The van der Waals surface area contributed by atoms with Gasteiger partial charge in [0, 0.05) is 24.5 Å². The smallest absolute Gasteiger partial charge is 0.301 e. The van der Waals surface area contributed by atoms with Crippen LogP contribution in [0.25, 0.3) is 11.4 Å². The zero-order valence-electron chi connectivity index (χ0n) is 14.0. The van der Waals surface area contributed by atoms with Crippen LogP contribution in [0.5, 0.6) is 10.9 Å². The molecule has 10 heteroatoms. The molecule has 1 fully saturated rings. The third kappa shape index (κ3) is 3.55. The molecule has 0 atom stereocenters. The fourth-order valence-electron chi connectivity index (χ4n) is 2.51. The number of halogens is 1. The van der Waals surface area contributed by atoms with E-state index in [1.807, 2.05) is 0 Å². The van der Waals surface area contributed by atoms with Crippen molar-refractivity contribution in [2.24, 2.45) is 5.73 Å². The summed E-state index contributed by atoms with van der Waals surface area (Å²) < 4.78 is 18.9. The average molecular weight is 383 g/mol. The van der Waals surface area contributed by atoms with E-state index in [2.05, 4.69) is 26.2 Å². The van der Waals surface area contributed by atoms with Crippen molar-refractivity contribution < 1.29 is 9.13 Å². The normalized spacial score (nSPS) is 13.9. The molecule has 0 amide bonds. The summed E-state index contributed by atoms with van der Waals surface area (Å²) in [6.07, 6.45) is 2.46. The summed E-state index contributed by atoms with van der Waals surface area (Å²) in [6, 6.07) is 7.05. The fraction of sp³-hybridized carbons (Fsp3) is 0.235. The van der Waals surface area contributed by atoms with E-state index in [0.29, 0.717) is 52.7 Å². The van der Waals surface area contributed by atoms with E-state index < -0.39 is 6.17 Å². The third-order valence-corrected chi connectivity index (χ3v) is 4.86. The number of hydrogen-bond donors (Lipinski definition) is 1. The molecule has 3 aromatic rings. The van der Waals surface area contributed by atoms with E-state index in [1.165, 1.54) is 11.3 Å². The van der Waals surface area contributed by atoms with Crippen LogP contribution < -0.4 is 15.4 Å². The number of nitrogens with two attached hydrogens (primary N) is 1. The molecule has 0 spiro atoms. The number of alkyl halides is 1. The number of hydrogen-bond acceptors (Lipinski definition) is 9. The van der Waals surface area contributed by atoms with Gasteiger partial charge in [-0.3, -0.25) is 0 Å². The van der Waals surface area contributed by atoms with Crippen LogP contribution in [-0.2, 0) is 6.54 Å². The Labute approximate surface area is 158 Å². The molecule has 2 aromatic heterocycles. The van der Waals surface area contributed by atoms with Gasteiger partial charge in [-0.05, 0) is 29.5 Å². The zero-order chi connectivity index (χ0) is 18.8. The van der Waals surface area contributed by atoms with Gasteiger partial charge in [-0.2, -0.15) is 5.26 Å². The number of nitriles is 1. The first-order valence-corrected chi connectivity index (χ1v) is 8.94. The Kier molecular flexibility index (Phi) is 4.62. The summed E-state index contributed by atoms with van der Waals surface area (Å²) in [6.45, 7) is 0.969. The lowest BCUT2D eigenvalue weighted by atomic mass is 10.1. The van der Waals surface area contributed by atoms with Crippen LogP contribution in [0, 0.1) is 11.3 Å². The fourth-order valence-corrected chi connectivity index (χ4v) is 3.24. The molecule has 8 nitrogen and oxygen atoms in total. The predicted octanol–water partition coefficient (Wildman–Crippen LogP) is 2.28. The zero-order valence-corrected chi connectivity index (χ0v) is 14.9. The molecule has 0 unspecified atom stereocenters. The molecule has 1 aromatic carbocycles. The van der Waals surface area contributed by atoms with Crippen LogP contribution in [0.2, 0.25) is 0 Å². The second-order valence-corrected chi connectivity index (χ2v) is 6.82. The largest absolute Gasteiger partial charge is 0.429 e. The molecule has 0 radical (unpaired) electrons. The third-order valence-electron chi connectivity index (χ3n) is 3.99. The summed E-state index contributed by atoms with van der Waals surface area (Å²) in [7, 11) is 0. The van der Waals surface area contributed by atoms with E-state index in [0.717, 1.165) is 5.56 Å². The number of benzene rings is 1. The van der Waals surface area contributed by atoms with Gasteiger partial charge in [0.05, 0.1) is 30.3 Å². The quantitative estimate of drug-likeness (QED) is 0.714. The van der Waals surface area contributed by atoms with Crippen molar-refractivity contribution in [1.29, 1.82) is 5.26 Å². The molecule has 3 heterocycles. The molecule has 1 saturated heterocycles. The summed E-state index contributed by atoms with van der Waals surface area (Å²) in [5, 5.41) is 18.1. The molecule has 1 aliphatic heterocycles. The number of aromatic nitrogens is 4. The molecule has 0 bridgehead atoms. The van der Waals surface area contributed by atoms with E-state index in [-0.39, 0.29) is 0 Å². The topological polar surface area (TPSA) is 114 Å². The van der Waals surface area contributed by atoms with Crippen LogP contribution in [0.15, 0.2) is 30.6 Å².